The van der Waals surface area contributed by atoms with Gasteiger partial charge in [-0.25, -0.2) is 0 Å². The minimum absolute atomic E-state index is 0.00656. The second kappa shape index (κ2) is 7.48. The van der Waals surface area contributed by atoms with E-state index in [9.17, 15) is 14.4 Å². The largest absolute Gasteiger partial charge is 0.347 e. The number of carbonyl (C=O) groups is 3. The summed E-state index contributed by atoms with van der Waals surface area (Å²) in [6.07, 6.45) is 2.51. The van der Waals surface area contributed by atoms with E-state index in [-0.39, 0.29) is 24.3 Å². The lowest BCUT2D eigenvalue weighted by Crippen LogP contribution is -2.50. The van der Waals surface area contributed by atoms with Crippen LogP contribution in [-0.2, 0) is 20.9 Å². The number of hydrogen-bond acceptors (Lipinski definition) is 3. The normalized spacial score (nSPS) is 22.8. The number of nitrogens with one attached hydrogen (secondary N) is 1. The van der Waals surface area contributed by atoms with Crippen molar-refractivity contribution in [3.05, 3.63) is 35.4 Å². The van der Waals surface area contributed by atoms with Crippen molar-refractivity contribution in [2.75, 3.05) is 26.2 Å². The number of rotatable bonds is 4. The van der Waals surface area contributed by atoms with Crippen LogP contribution in [0.4, 0.5) is 0 Å². The number of carbonyl (C=O) groups excluding carboxylic acids is 3. The maximum atomic E-state index is 13.2. The van der Waals surface area contributed by atoms with Crippen molar-refractivity contribution in [2.45, 2.75) is 39.7 Å². The molecule has 0 radical (unpaired) electrons. The third-order valence-electron chi connectivity index (χ3n) is 5.48. The van der Waals surface area contributed by atoms with Gasteiger partial charge >= 0.3 is 0 Å². The predicted octanol–water partition coefficient (Wildman–Crippen LogP) is 1.47. The van der Waals surface area contributed by atoms with E-state index in [0.717, 1.165) is 24.9 Å². The molecule has 140 valence electrons. The Kier molecular flexibility index (Phi) is 5.30. The fraction of sp³-hybridized carbons (Fsp3) is 0.550. The Labute approximate surface area is 154 Å². The average Bonchev–Trinajstić information content (AvgIpc) is 3.02. The number of benzene rings is 1. The molecule has 1 atom stereocenters. The maximum Gasteiger partial charge on any atom is 0.241 e. The van der Waals surface area contributed by atoms with E-state index in [0.29, 0.717) is 26.1 Å². The molecule has 1 aromatic carbocycles. The van der Waals surface area contributed by atoms with Crippen LogP contribution in [0.15, 0.2) is 24.3 Å². The third-order valence-corrected chi connectivity index (χ3v) is 5.48. The lowest BCUT2D eigenvalue weighted by atomic mass is 9.78. The number of aryl methyl sites for hydroxylation is 1. The van der Waals surface area contributed by atoms with Crippen molar-refractivity contribution in [1.82, 2.24) is 15.1 Å². The Morgan fingerprint density at radius 1 is 1.23 bits per heavy atom. The molecule has 3 amide bonds. The molecule has 2 heterocycles. The van der Waals surface area contributed by atoms with E-state index in [4.69, 9.17) is 0 Å². The van der Waals surface area contributed by atoms with Gasteiger partial charge in [0.2, 0.25) is 17.7 Å². The number of nitrogens with zero attached hydrogens (tertiary/aromatic N) is 2. The van der Waals surface area contributed by atoms with Gasteiger partial charge in [-0.05, 0) is 31.7 Å². The van der Waals surface area contributed by atoms with E-state index in [1.807, 2.05) is 11.0 Å². The van der Waals surface area contributed by atoms with E-state index >= 15 is 0 Å². The van der Waals surface area contributed by atoms with Crippen LogP contribution in [-0.4, -0.2) is 53.7 Å². The highest BCUT2D eigenvalue weighted by atomic mass is 16.2. The van der Waals surface area contributed by atoms with Gasteiger partial charge in [0, 0.05) is 33.1 Å². The summed E-state index contributed by atoms with van der Waals surface area (Å²) in [7, 11) is 0. The van der Waals surface area contributed by atoms with Gasteiger partial charge in [0.15, 0.2) is 0 Å². The lowest BCUT2D eigenvalue weighted by Gasteiger charge is -2.39. The second-order valence-electron chi connectivity index (χ2n) is 7.57. The first-order chi connectivity index (χ1) is 12.4. The molecule has 1 aromatic rings. The monoisotopic (exact) mass is 357 g/mol. The second-order valence-corrected chi connectivity index (χ2v) is 7.57. The minimum Gasteiger partial charge on any atom is -0.347 e. The summed E-state index contributed by atoms with van der Waals surface area (Å²) < 4.78 is 0. The van der Waals surface area contributed by atoms with Crippen molar-refractivity contribution in [3.63, 3.8) is 0 Å². The molecular weight excluding hydrogens is 330 g/mol. The molecule has 6 nitrogen and oxygen atoms in total. The summed E-state index contributed by atoms with van der Waals surface area (Å²) >= 11 is 0. The van der Waals surface area contributed by atoms with E-state index in [1.165, 1.54) is 12.5 Å². The van der Waals surface area contributed by atoms with Crippen LogP contribution in [0.1, 0.15) is 37.3 Å². The van der Waals surface area contributed by atoms with Gasteiger partial charge in [-0.1, -0.05) is 29.8 Å². The predicted molar refractivity (Wildman–Crippen MR) is 98.1 cm³/mol. The summed E-state index contributed by atoms with van der Waals surface area (Å²) in [5.41, 5.74) is 1.89. The maximum absolute atomic E-state index is 13.2. The SMILES string of the molecule is CC(=O)NCC(=O)N1CCC2(CCCN(Cc3cccc(C)c3)C2=O)C1. The molecule has 1 N–H and O–H groups in total. The van der Waals surface area contributed by atoms with Crippen molar-refractivity contribution in [3.8, 4) is 0 Å². The Hall–Kier alpha value is -2.37. The average molecular weight is 357 g/mol. The standard InChI is InChI=1S/C20H27N3O3/c1-15-5-3-6-17(11-15)13-22-9-4-7-20(19(22)26)8-10-23(14-20)18(25)12-21-16(2)24/h3,5-6,11H,4,7-10,12-14H2,1-2H3,(H,21,24). The zero-order chi connectivity index (χ0) is 18.7. The van der Waals surface area contributed by atoms with E-state index in [2.05, 4.69) is 30.4 Å². The highest BCUT2D eigenvalue weighted by molar-refractivity contribution is 5.87. The number of hydrogen-bond donors (Lipinski definition) is 1. The molecular formula is C20H27N3O3. The molecule has 2 aliphatic heterocycles. The van der Waals surface area contributed by atoms with Crippen LogP contribution in [0.5, 0.6) is 0 Å². The van der Waals surface area contributed by atoms with Gasteiger partial charge in [-0.2, -0.15) is 0 Å². The quantitative estimate of drug-likeness (QED) is 0.887. The molecule has 3 rings (SSSR count). The first-order valence-electron chi connectivity index (χ1n) is 9.27. The molecule has 2 saturated heterocycles. The lowest BCUT2D eigenvalue weighted by molar-refractivity contribution is -0.147. The Bertz CT molecular complexity index is 718. The molecule has 0 aromatic heterocycles. The fourth-order valence-corrected chi connectivity index (χ4v) is 4.11. The molecule has 26 heavy (non-hydrogen) atoms. The van der Waals surface area contributed by atoms with Crippen LogP contribution in [0, 0.1) is 12.3 Å². The summed E-state index contributed by atoms with van der Waals surface area (Å²) in [5.74, 6) is -0.161. The number of likely N-dealkylation sites (tertiary alicyclic amines) is 2. The van der Waals surface area contributed by atoms with E-state index < -0.39 is 5.41 Å². The minimum atomic E-state index is -0.450. The first-order valence-corrected chi connectivity index (χ1v) is 9.27. The Balaban J connectivity index is 1.65. The zero-order valence-electron chi connectivity index (χ0n) is 15.6. The summed E-state index contributed by atoms with van der Waals surface area (Å²) in [6, 6.07) is 8.25. The molecule has 0 bridgehead atoms. The molecule has 1 unspecified atom stereocenters. The van der Waals surface area contributed by atoms with Gasteiger partial charge in [0.05, 0.1) is 12.0 Å². The topological polar surface area (TPSA) is 69.7 Å². The van der Waals surface area contributed by atoms with Gasteiger partial charge in [0.1, 0.15) is 0 Å². The van der Waals surface area contributed by atoms with Crippen LogP contribution in [0.3, 0.4) is 0 Å². The molecule has 0 saturated carbocycles. The van der Waals surface area contributed by atoms with Gasteiger partial charge in [0.25, 0.3) is 0 Å². The zero-order valence-corrected chi connectivity index (χ0v) is 15.6. The fourth-order valence-electron chi connectivity index (χ4n) is 4.11. The van der Waals surface area contributed by atoms with E-state index in [1.54, 1.807) is 4.90 Å². The highest BCUT2D eigenvalue weighted by Crippen LogP contribution is 2.40. The molecule has 2 fully saturated rings. The third kappa shape index (κ3) is 3.89. The molecule has 0 aliphatic carbocycles. The van der Waals surface area contributed by atoms with Crippen LogP contribution >= 0.6 is 0 Å². The first kappa shape index (κ1) is 18.4. The number of piperidine rings is 1. The van der Waals surface area contributed by atoms with Gasteiger partial charge < -0.3 is 15.1 Å². The van der Waals surface area contributed by atoms with Crippen LogP contribution < -0.4 is 5.32 Å². The number of amides is 3. The summed E-state index contributed by atoms with van der Waals surface area (Å²) in [6.45, 7) is 5.91. The Morgan fingerprint density at radius 3 is 2.77 bits per heavy atom. The molecule has 1 spiro atoms. The van der Waals surface area contributed by atoms with Crippen molar-refractivity contribution in [1.29, 1.82) is 0 Å². The van der Waals surface area contributed by atoms with Gasteiger partial charge in [-0.3, -0.25) is 14.4 Å². The van der Waals surface area contributed by atoms with Crippen molar-refractivity contribution < 1.29 is 14.4 Å². The summed E-state index contributed by atoms with van der Waals surface area (Å²) in [4.78, 5) is 40.1. The summed E-state index contributed by atoms with van der Waals surface area (Å²) in [5, 5.41) is 2.55. The molecule has 2 aliphatic rings. The van der Waals surface area contributed by atoms with Crippen molar-refractivity contribution in [2.24, 2.45) is 5.41 Å². The van der Waals surface area contributed by atoms with Crippen LogP contribution in [0.25, 0.3) is 0 Å². The van der Waals surface area contributed by atoms with Gasteiger partial charge in [-0.15, -0.1) is 0 Å². The Morgan fingerprint density at radius 2 is 2.04 bits per heavy atom. The highest BCUT2D eigenvalue weighted by Gasteiger charge is 2.49. The smallest absolute Gasteiger partial charge is 0.241 e. The van der Waals surface area contributed by atoms with Crippen molar-refractivity contribution >= 4 is 17.7 Å². The van der Waals surface area contributed by atoms with Crippen LogP contribution in [0.2, 0.25) is 0 Å². The molecule has 6 heteroatoms.